The second-order valence-corrected chi connectivity index (χ2v) is 9.11. The third-order valence-corrected chi connectivity index (χ3v) is 6.34. The minimum atomic E-state index is 0.0476. The minimum Gasteiger partial charge on any atom is -0.461 e. The van der Waals surface area contributed by atoms with Crippen molar-refractivity contribution in [2.45, 2.75) is 71.8 Å². The smallest absolute Gasteiger partial charge is 0.311 e. The molecule has 1 saturated carbocycles. The summed E-state index contributed by atoms with van der Waals surface area (Å²) in [5.74, 6) is 0.774. The summed E-state index contributed by atoms with van der Waals surface area (Å²) in [6.45, 7) is 16.7. The number of hydrogen-bond acceptors (Lipinski definition) is 5. The molecule has 2 fully saturated rings. The Kier molecular flexibility index (Phi) is 6.83. The Morgan fingerprint density at radius 1 is 1.41 bits per heavy atom. The summed E-state index contributed by atoms with van der Waals surface area (Å²) in [4.78, 5) is 4.25. The third kappa shape index (κ3) is 5.30. The molecule has 2 heterocycles. The van der Waals surface area contributed by atoms with E-state index in [0.29, 0.717) is 23.1 Å². The van der Waals surface area contributed by atoms with Gasteiger partial charge in [-0.25, -0.2) is 5.43 Å². The van der Waals surface area contributed by atoms with Crippen molar-refractivity contribution in [1.29, 1.82) is 5.41 Å². The monoisotopic (exact) mass is 399 g/mol. The van der Waals surface area contributed by atoms with Gasteiger partial charge in [-0.1, -0.05) is 32.1 Å². The highest BCUT2D eigenvalue weighted by Crippen LogP contribution is 2.43. The Morgan fingerprint density at radius 3 is 2.66 bits per heavy atom. The van der Waals surface area contributed by atoms with Gasteiger partial charge in [-0.2, -0.15) is 4.99 Å². The zero-order valence-corrected chi connectivity index (χ0v) is 18.3. The van der Waals surface area contributed by atoms with Crippen LogP contribution in [0.4, 0.5) is 0 Å². The van der Waals surface area contributed by atoms with Crippen molar-refractivity contribution in [3.63, 3.8) is 0 Å². The molecule has 0 aromatic heterocycles. The van der Waals surface area contributed by atoms with E-state index in [1.54, 1.807) is 0 Å². The number of ether oxygens (including phenoxy) is 1. The highest BCUT2D eigenvalue weighted by atomic mass is 16.5. The largest absolute Gasteiger partial charge is 0.461 e. The molecule has 2 aliphatic heterocycles. The lowest BCUT2D eigenvalue weighted by molar-refractivity contribution is 0.0795. The van der Waals surface area contributed by atoms with E-state index >= 15 is 0 Å². The first-order valence-electron chi connectivity index (χ1n) is 11.0. The number of nitrogens with one attached hydrogen (secondary N) is 3. The fourth-order valence-corrected chi connectivity index (χ4v) is 4.54. The van der Waals surface area contributed by atoms with Crippen molar-refractivity contribution in [2.24, 2.45) is 16.3 Å². The summed E-state index contributed by atoms with van der Waals surface area (Å²) in [5.41, 5.74) is 6.43. The SMILES string of the molecule is C=C(C)/C=C(/CC1CCC2(CC1)CNC2)N1NC(O[C@@H](C)CCC)=NC(=N)C1=C. The molecule has 29 heavy (non-hydrogen) atoms. The highest BCUT2D eigenvalue weighted by Gasteiger charge is 2.40. The van der Waals surface area contributed by atoms with Crippen LogP contribution in [0.3, 0.4) is 0 Å². The average Bonchev–Trinajstić information content (AvgIpc) is 2.63. The fraction of sp³-hybridized carbons (Fsp3) is 0.652. The number of aliphatic imine (C=N–C) groups is 1. The molecule has 1 spiro atoms. The first-order chi connectivity index (χ1) is 13.8. The van der Waals surface area contributed by atoms with Crippen LogP contribution in [0.25, 0.3) is 0 Å². The molecule has 1 atom stereocenters. The van der Waals surface area contributed by atoms with Gasteiger partial charge in [0.25, 0.3) is 0 Å². The van der Waals surface area contributed by atoms with Crippen molar-refractivity contribution < 1.29 is 4.74 Å². The van der Waals surface area contributed by atoms with Crippen LogP contribution in [0.1, 0.15) is 65.7 Å². The fourth-order valence-electron chi connectivity index (χ4n) is 4.54. The van der Waals surface area contributed by atoms with Crippen LogP contribution in [-0.2, 0) is 4.74 Å². The van der Waals surface area contributed by atoms with Crippen LogP contribution in [-0.4, -0.2) is 36.1 Å². The Balaban J connectivity index is 1.70. The van der Waals surface area contributed by atoms with Crippen molar-refractivity contribution in [3.05, 3.63) is 36.2 Å². The van der Waals surface area contributed by atoms with Crippen molar-refractivity contribution in [3.8, 4) is 0 Å². The quantitative estimate of drug-likeness (QED) is 0.552. The van der Waals surface area contributed by atoms with E-state index in [4.69, 9.17) is 10.1 Å². The molecule has 1 aliphatic carbocycles. The second kappa shape index (κ2) is 9.16. The lowest BCUT2D eigenvalue weighted by Gasteiger charge is -2.48. The van der Waals surface area contributed by atoms with E-state index < -0.39 is 0 Å². The van der Waals surface area contributed by atoms with Crippen LogP contribution in [0.2, 0.25) is 0 Å². The predicted octanol–water partition coefficient (Wildman–Crippen LogP) is 4.49. The maximum Gasteiger partial charge on any atom is 0.311 e. The van der Waals surface area contributed by atoms with Crippen molar-refractivity contribution in [2.75, 3.05) is 13.1 Å². The van der Waals surface area contributed by atoms with E-state index in [1.165, 1.54) is 38.8 Å². The van der Waals surface area contributed by atoms with Gasteiger partial charge in [0.2, 0.25) is 0 Å². The molecular weight excluding hydrogens is 362 g/mol. The zero-order valence-electron chi connectivity index (χ0n) is 18.3. The van der Waals surface area contributed by atoms with E-state index in [-0.39, 0.29) is 11.9 Å². The topological polar surface area (TPSA) is 72.7 Å². The van der Waals surface area contributed by atoms with Gasteiger partial charge in [-0.15, -0.1) is 0 Å². The van der Waals surface area contributed by atoms with Gasteiger partial charge in [0.1, 0.15) is 0 Å². The summed E-state index contributed by atoms with van der Waals surface area (Å²) in [6, 6.07) is 0.374. The molecule has 0 bridgehead atoms. The summed E-state index contributed by atoms with van der Waals surface area (Å²) in [5, 5.41) is 13.6. The number of amidine groups is 2. The van der Waals surface area contributed by atoms with Crippen LogP contribution in [0.15, 0.2) is 41.2 Å². The molecule has 0 unspecified atom stereocenters. The summed E-state index contributed by atoms with van der Waals surface area (Å²) in [7, 11) is 0. The number of hydrazine groups is 1. The Labute approximate surface area is 175 Å². The molecule has 0 radical (unpaired) electrons. The maximum atomic E-state index is 8.28. The van der Waals surface area contributed by atoms with Gasteiger partial charge in [0.15, 0.2) is 5.84 Å². The van der Waals surface area contributed by atoms with Crippen LogP contribution in [0, 0.1) is 16.7 Å². The van der Waals surface area contributed by atoms with Gasteiger partial charge in [0, 0.05) is 18.8 Å². The molecule has 0 aromatic rings. The molecular formula is C23H37N5O. The Morgan fingerprint density at radius 2 is 2.10 bits per heavy atom. The van der Waals surface area contributed by atoms with Gasteiger partial charge in [-0.3, -0.25) is 10.4 Å². The van der Waals surface area contributed by atoms with Crippen LogP contribution in [0.5, 0.6) is 0 Å². The first-order valence-corrected chi connectivity index (χ1v) is 11.0. The molecule has 0 aromatic carbocycles. The predicted molar refractivity (Wildman–Crippen MR) is 120 cm³/mol. The maximum absolute atomic E-state index is 8.28. The van der Waals surface area contributed by atoms with Crippen LogP contribution < -0.4 is 10.7 Å². The lowest BCUT2D eigenvalue weighted by atomic mass is 9.66. The lowest BCUT2D eigenvalue weighted by Crippen LogP contribution is -2.55. The molecule has 6 nitrogen and oxygen atoms in total. The molecule has 160 valence electrons. The average molecular weight is 400 g/mol. The third-order valence-electron chi connectivity index (χ3n) is 6.34. The summed E-state index contributed by atoms with van der Waals surface area (Å²) >= 11 is 0. The van der Waals surface area contributed by atoms with Gasteiger partial charge < -0.3 is 10.1 Å². The Bertz CT molecular complexity index is 709. The molecule has 0 amide bonds. The van der Waals surface area contributed by atoms with E-state index in [1.807, 2.05) is 18.9 Å². The molecule has 1 saturated heterocycles. The first kappa shape index (κ1) is 21.6. The summed E-state index contributed by atoms with van der Waals surface area (Å²) < 4.78 is 5.93. The van der Waals surface area contributed by atoms with Gasteiger partial charge in [0.05, 0.1) is 11.8 Å². The zero-order chi connectivity index (χ0) is 21.0. The molecule has 3 N–H and O–H groups in total. The normalized spacial score (nSPS) is 23.3. The number of allylic oxidation sites excluding steroid dienone is 3. The van der Waals surface area contributed by atoms with E-state index in [9.17, 15) is 0 Å². The molecule has 3 aliphatic rings. The molecule has 3 rings (SSSR count). The number of nitrogens with zero attached hydrogens (tertiary/aromatic N) is 2. The highest BCUT2D eigenvalue weighted by molar-refractivity contribution is 6.04. The van der Waals surface area contributed by atoms with Crippen molar-refractivity contribution >= 4 is 11.9 Å². The Hall–Kier alpha value is -2.08. The standard InChI is InChI=1S/C23H37N5O/c1-6-7-17(4)29-22-26-21(24)18(5)28(27-22)20(12-16(2)3)13-19-8-10-23(11-9-19)14-25-15-23/h12,17,19,25H,2,5-11,13-15H2,1,3-4H3,(H2,24,26,27)/b20-12-/t17-/m0/s1. The van der Waals surface area contributed by atoms with Crippen molar-refractivity contribution in [1.82, 2.24) is 15.8 Å². The number of rotatable bonds is 7. The summed E-state index contributed by atoms with van der Waals surface area (Å²) in [6.07, 6.45) is 10.2. The van der Waals surface area contributed by atoms with Gasteiger partial charge in [-0.05, 0) is 69.8 Å². The van der Waals surface area contributed by atoms with Gasteiger partial charge >= 0.3 is 6.02 Å². The van der Waals surface area contributed by atoms with Crippen LogP contribution >= 0.6 is 0 Å². The number of hydrogen-bond donors (Lipinski definition) is 3. The second-order valence-electron chi connectivity index (χ2n) is 9.11. The van der Waals surface area contributed by atoms with E-state index in [0.717, 1.165) is 30.5 Å². The van der Waals surface area contributed by atoms with E-state index in [2.05, 4.69) is 41.9 Å². The minimum absolute atomic E-state index is 0.0476. The molecule has 6 heteroatoms.